The van der Waals surface area contributed by atoms with Gasteiger partial charge >= 0.3 is 0 Å². The average molecular weight is 400 g/mol. The zero-order valence-electron chi connectivity index (χ0n) is 14.8. The molecule has 0 saturated heterocycles. The Hall–Kier alpha value is -2.51. The summed E-state index contributed by atoms with van der Waals surface area (Å²) in [4.78, 5) is 13.1. The van der Waals surface area contributed by atoms with E-state index in [-0.39, 0.29) is 11.9 Å². The van der Waals surface area contributed by atoms with Crippen molar-refractivity contribution in [3.8, 4) is 0 Å². The molecule has 3 aromatic rings. The lowest BCUT2D eigenvalue weighted by atomic mass is 10.0. The average Bonchev–Trinajstić information content (AvgIpc) is 3.04. The summed E-state index contributed by atoms with van der Waals surface area (Å²) in [5.41, 5.74) is 6.04. The van der Waals surface area contributed by atoms with Gasteiger partial charge in [-0.15, -0.1) is 10.2 Å². The van der Waals surface area contributed by atoms with Gasteiger partial charge in [0, 0.05) is 10.7 Å². The number of aryl methyl sites for hydroxylation is 2. The van der Waals surface area contributed by atoms with Crippen LogP contribution in [0.3, 0.4) is 0 Å². The highest BCUT2D eigenvalue weighted by atomic mass is 35.5. The number of benzene rings is 2. The van der Waals surface area contributed by atoms with Crippen LogP contribution in [0.5, 0.6) is 0 Å². The van der Waals surface area contributed by atoms with Crippen molar-refractivity contribution >= 4 is 35.0 Å². The normalized spacial score (nSPS) is 18.5. The van der Waals surface area contributed by atoms with E-state index in [0.29, 0.717) is 15.9 Å². The van der Waals surface area contributed by atoms with E-state index in [1.54, 1.807) is 6.07 Å². The Kier molecular flexibility index (Phi) is 4.80. The Balaban J connectivity index is 1.65. The summed E-state index contributed by atoms with van der Waals surface area (Å²) < 4.78 is 1.83. The van der Waals surface area contributed by atoms with Gasteiger partial charge in [-0.2, -0.15) is 0 Å². The summed E-state index contributed by atoms with van der Waals surface area (Å²) in [7, 11) is 0. The van der Waals surface area contributed by atoms with Crippen LogP contribution in [0, 0.1) is 13.8 Å². The summed E-state index contributed by atoms with van der Waals surface area (Å²) >= 11 is 7.58. The maximum atomic E-state index is 13.1. The molecule has 0 fully saturated rings. The second-order valence-corrected chi connectivity index (χ2v) is 7.89. The van der Waals surface area contributed by atoms with E-state index in [1.165, 1.54) is 11.8 Å². The molecule has 0 radical (unpaired) electrons. The highest BCUT2D eigenvalue weighted by Gasteiger charge is 2.37. The first-order valence-electron chi connectivity index (χ1n) is 8.50. The van der Waals surface area contributed by atoms with E-state index < -0.39 is 5.25 Å². The predicted octanol–water partition coefficient (Wildman–Crippen LogP) is 3.95. The second-order valence-electron chi connectivity index (χ2n) is 6.37. The summed E-state index contributed by atoms with van der Waals surface area (Å²) in [5.74, 6) is 0.635. The molecular formula is C19H18ClN5OS. The van der Waals surface area contributed by atoms with Crippen LogP contribution in [0.15, 0.2) is 53.7 Å². The first kappa shape index (κ1) is 17.9. The van der Waals surface area contributed by atoms with E-state index in [2.05, 4.69) is 20.9 Å². The van der Waals surface area contributed by atoms with Crippen molar-refractivity contribution in [3.63, 3.8) is 0 Å². The summed E-state index contributed by atoms with van der Waals surface area (Å²) in [6, 6.07) is 15.2. The lowest BCUT2D eigenvalue weighted by Crippen LogP contribution is -2.41. The van der Waals surface area contributed by atoms with Crippen LogP contribution in [0.1, 0.15) is 23.0 Å². The van der Waals surface area contributed by atoms with Gasteiger partial charge in [0.05, 0.1) is 6.04 Å². The molecule has 0 aliphatic carbocycles. The van der Waals surface area contributed by atoms with Crippen LogP contribution in [-0.4, -0.2) is 26.0 Å². The fraction of sp³-hybridized carbons (Fsp3) is 0.211. The summed E-state index contributed by atoms with van der Waals surface area (Å²) in [6.45, 7) is 3.80. The number of hydrogen-bond donors (Lipinski definition) is 2. The fourth-order valence-electron chi connectivity index (χ4n) is 2.95. The molecule has 0 bridgehead atoms. The van der Waals surface area contributed by atoms with Gasteiger partial charge in [-0.25, -0.2) is 4.68 Å². The quantitative estimate of drug-likeness (QED) is 0.697. The number of anilines is 1. The number of rotatable bonds is 3. The molecule has 6 nitrogen and oxygen atoms in total. The molecule has 138 valence electrons. The number of hydrogen-bond acceptors (Lipinski definition) is 5. The van der Waals surface area contributed by atoms with Gasteiger partial charge in [0.1, 0.15) is 11.1 Å². The van der Waals surface area contributed by atoms with Crippen molar-refractivity contribution in [2.75, 3.05) is 10.7 Å². The molecule has 4 rings (SSSR count). The molecule has 2 aromatic carbocycles. The molecule has 8 heteroatoms. The minimum Gasteiger partial charge on any atom is -0.325 e. The minimum absolute atomic E-state index is 0.117. The number of carbonyl (C=O) groups excluding carboxylic acids is 1. The minimum atomic E-state index is -0.413. The van der Waals surface area contributed by atoms with Crippen LogP contribution >= 0.6 is 23.4 Å². The Morgan fingerprint density at radius 3 is 2.70 bits per heavy atom. The van der Waals surface area contributed by atoms with Crippen LogP contribution in [0.25, 0.3) is 0 Å². The first-order valence-corrected chi connectivity index (χ1v) is 9.76. The van der Waals surface area contributed by atoms with Crippen molar-refractivity contribution < 1.29 is 4.79 Å². The zero-order valence-corrected chi connectivity index (χ0v) is 16.4. The van der Waals surface area contributed by atoms with E-state index in [0.717, 1.165) is 17.0 Å². The number of carbonyl (C=O) groups is 1. The zero-order chi connectivity index (χ0) is 19.0. The molecule has 1 aromatic heterocycles. The van der Waals surface area contributed by atoms with Crippen molar-refractivity contribution in [2.24, 2.45) is 0 Å². The topological polar surface area (TPSA) is 71.8 Å². The predicted molar refractivity (Wildman–Crippen MR) is 108 cm³/mol. The maximum absolute atomic E-state index is 13.1. The van der Waals surface area contributed by atoms with Gasteiger partial charge in [-0.3, -0.25) is 4.79 Å². The van der Waals surface area contributed by atoms with E-state index in [1.807, 2.05) is 61.0 Å². The van der Waals surface area contributed by atoms with Gasteiger partial charge in [0.2, 0.25) is 11.1 Å². The van der Waals surface area contributed by atoms with Crippen molar-refractivity contribution in [1.82, 2.24) is 14.9 Å². The van der Waals surface area contributed by atoms with Gasteiger partial charge in [-0.05, 0) is 37.1 Å². The highest BCUT2D eigenvalue weighted by Crippen LogP contribution is 2.37. The number of thioether (sulfide) groups is 1. The van der Waals surface area contributed by atoms with Gasteiger partial charge in [0.15, 0.2) is 0 Å². The molecular weight excluding hydrogens is 382 g/mol. The standard InChI is InChI=1S/C19H18ClN5OS/c1-11-8-9-14(10-15(11)20)21-18(26)17-16(13-6-4-3-5-7-13)24-25-12(2)22-23-19(25)27-17/h3-10,16-17,24H,1-2H3,(H,21,26)/t16-,17-/m1/s1. The van der Waals surface area contributed by atoms with E-state index >= 15 is 0 Å². The third kappa shape index (κ3) is 3.52. The first-order chi connectivity index (χ1) is 13.0. The molecule has 1 aliphatic rings. The lowest BCUT2D eigenvalue weighted by molar-refractivity contribution is -0.116. The molecule has 2 atom stereocenters. The van der Waals surface area contributed by atoms with Gasteiger partial charge in [-0.1, -0.05) is 59.8 Å². The second kappa shape index (κ2) is 7.25. The molecule has 2 N–H and O–H groups in total. The number of fused-ring (bicyclic) bond motifs is 1. The third-order valence-electron chi connectivity index (χ3n) is 4.45. The SMILES string of the molecule is Cc1ccc(NC(=O)[C@@H]2Sc3nnc(C)n3N[C@@H]2c2ccccc2)cc1Cl. The molecule has 0 spiro atoms. The van der Waals surface area contributed by atoms with Crippen LogP contribution < -0.4 is 10.7 Å². The number of halogens is 1. The number of nitrogens with one attached hydrogen (secondary N) is 2. The number of amides is 1. The number of aromatic nitrogens is 3. The van der Waals surface area contributed by atoms with Crippen LogP contribution in [0.4, 0.5) is 5.69 Å². The Morgan fingerprint density at radius 1 is 1.19 bits per heavy atom. The van der Waals surface area contributed by atoms with Crippen molar-refractivity contribution in [3.05, 3.63) is 70.5 Å². The third-order valence-corrected chi connectivity index (χ3v) is 6.08. The van der Waals surface area contributed by atoms with Gasteiger partial charge in [0.25, 0.3) is 0 Å². The molecule has 27 heavy (non-hydrogen) atoms. The largest absolute Gasteiger partial charge is 0.325 e. The van der Waals surface area contributed by atoms with Gasteiger partial charge < -0.3 is 10.7 Å². The van der Waals surface area contributed by atoms with E-state index in [9.17, 15) is 4.79 Å². The Labute approximate surface area is 166 Å². The maximum Gasteiger partial charge on any atom is 0.240 e. The summed E-state index contributed by atoms with van der Waals surface area (Å²) in [6.07, 6.45) is 0. The van der Waals surface area contributed by atoms with Crippen LogP contribution in [0.2, 0.25) is 5.02 Å². The molecule has 1 amide bonds. The summed E-state index contributed by atoms with van der Waals surface area (Å²) in [5, 5.41) is 12.1. The van der Waals surface area contributed by atoms with Crippen molar-refractivity contribution in [2.45, 2.75) is 30.3 Å². The lowest BCUT2D eigenvalue weighted by Gasteiger charge is -2.32. The number of nitrogens with zero attached hydrogens (tertiary/aromatic N) is 3. The van der Waals surface area contributed by atoms with Crippen molar-refractivity contribution in [1.29, 1.82) is 0 Å². The molecule has 2 heterocycles. The molecule has 1 aliphatic heterocycles. The fourth-order valence-corrected chi connectivity index (χ4v) is 4.26. The monoisotopic (exact) mass is 399 g/mol. The Bertz CT molecular complexity index is 991. The van der Waals surface area contributed by atoms with Crippen LogP contribution in [-0.2, 0) is 4.79 Å². The molecule has 0 unspecified atom stereocenters. The van der Waals surface area contributed by atoms with E-state index in [4.69, 9.17) is 11.6 Å². The Morgan fingerprint density at radius 2 is 1.96 bits per heavy atom. The highest BCUT2D eigenvalue weighted by molar-refractivity contribution is 8.00. The molecule has 0 saturated carbocycles. The smallest absolute Gasteiger partial charge is 0.240 e.